The molecule has 0 unspecified atom stereocenters. The fourth-order valence-electron chi connectivity index (χ4n) is 1.39. The molecule has 0 saturated carbocycles. The first-order valence-corrected chi connectivity index (χ1v) is 5.66. The molecule has 3 nitrogen and oxygen atoms in total. The minimum atomic E-state index is -0.130. The van der Waals surface area contributed by atoms with E-state index in [4.69, 9.17) is 5.73 Å². The second kappa shape index (κ2) is 6.77. The monoisotopic (exact) mass is 218 g/mol. The average Bonchev–Trinajstić information content (AvgIpc) is 2.30. The normalized spacial score (nSPS) is 11.4. The van der Waals surface area contributed by atoms with Crippen molar-refractivity contribution in [3.05, 3.63) is 35.9 Å². The van der Waals surface area contributed by atoms with Crippen LogP contribution in [0.3, 0.4) is 0 Å². The standard InChI is InChI=1S/C13H18N2O/c1-2-3-5-10-12(16)15-13(14)11-8-6-4-7-9-11/h4,6-9H,2-3,5,10H2,1H3,(H2,14,15,16). The summed E-state index contributed by atoms with van der Waals surface area (Å²) in [6.45, 7) is 2.10. The topological polar surface area (TPSA) is 55.5 Å². The van der Waals surface area contributed by atoms with Gasteiger partial charge in [-0.25, -0.2) is 0 Å². The van der Waals surface area contributed by atoms with E-state index in [-0.39, 0.29) is 5.91 Å². The van der Waals surface area contributed by atoms with Crippen LogP contribution in [-0.2, 0) is 4.79 Å². The van der Waals surface area contributed by atoms with E-state index >= 15 is 0 Å². The molecule has 86 valence electrons. The predicted molar refractivity (Wildman–Crippen MR) is 66.3 cm³/mol. The maximum atomic E-state index is 11.4. The highest BCUT2D eigenvalue weighted by molar-refractivity contribution is 6.03. The molecular formula is C13H18N2O. The molecule has 0 bridgehead atoms. The van der Waals surface area contributed by atoms with Gasteiger partial charge >= 0.3 is 0 Å². The molecule has 16 heavy (non-hydrogen) atoms. The van der Waals surface area contributed by atoms with Crippen molar-refractivity contribution < 1.29 is 4.79 Å². The van der Waals surface area contributed by atoms with E-state index in [2.05, 4.69) is 11.9 Å². The van der Waals surface area contributed by atoms with E-state index < -0.39 is 0 Å². The van der Waals surface area contributed by atoms with Crippen LogP contribution in [0.1, 0.15) is 38.2 Å². The van der Waals surface area contributed by atoms with E-state index in [0.717, 1.165) is 24.8 Å². The molecule has 0 atom stereocenters. The largest absolute Gasteiger partial charge is 0.383 e. The van der Waals surface area contributed by atoms with Crippen LogP contribution in [0, 0.1) is 0 Å². The Labute approximate surface area is 96.4 Å². The van der Waals surface area contributed by atoms with Gasteiger partial charge < -0.3 is 5.73 Å². The summed E-state index contributed by atoms with van der Waals surface area (Å²) in [6.07, 6.45) is 3.54. The number of amidine groups is 1. The van der Waals surface area contributed by atoms with Crippen LogP contribution in [0.25, 0.3) is 0 Å². The molecule has 3 heteroatoms. The lowest BCUT2D eigenvalue weighted by Crippen LogP contribution is -2.15. The number of nitrogens with zero attached hydrogens (tertiary/aromatic N) is 1. The molecule has 0 spiro atoms. The molecule has 1 aromatic rings. The average molecular weight is 218 g/mol. The zero-order valence-electron chi connectivity index (χ0n) is 9.65. The first-order valence-electron chi connectivity index (χ1n) is 5.66. The number of carbonyl (C=O) groups excluding carboxylic acids is 1. The van der Waals surface area contributed by atoms with E-state index in [1.54, 1.807) is 0 Å². The van der Waals surface area contributed by atoms with E-state index in [1.165, 1.54) is 0 Å². The summed E-state index contributed by atoms with van der Waals surface area (Å²) in [4.78, 5) is 15.3. The number of benzene rings is 1. The third kappa shape index (κ3) is 4.26. The maximum absolute atomic E-state index is 11.4. The van der Waals surface area contributed by atoms with E-state index in [9.17, 15) is 4.79 Å². The molecule has 0 saturated heterocycles. The van der Waals surface area contributed by atoms with Gasteiger partial charge in [-0.15, -0.1) is 0 Å². The number of rotatable bonds is 5. The number of aliphatic imine (C=N–C) groups is 1. The van der Waals surface area contributed by atoms with Crippen LogP contribution >= 0.6 is 0 Å². The van der Waals surface area contributed by atoms with Gasteiger partial charge in [0.05, 0.1) is 0 Å². The molecule has 0 aliphatic carbocycles. The van der Waals surface area contributed by atoms with Gasteiger partial charge in [-0.2, -0.15) is 4.99 Å². The van der Waals surface area contributed by atoms with Crippen molar-refractivity contribution >= 4 is 11.7 Å². The SMILES string of the molecule is CCCCCC(=O)N=C(N)c1ccccc1. The summed E-state index contributed by atoms with van der Waals surface area (Å²) in [5.41, 5.74) is 6.53. The van der Waals surface area contributed by atoms with Crippen molar-refractivity contribution in [2.45, 2.75) is 32.6 Å². The smallest absolute Gasteiger partial charge is 0.247 e. The Balaban J connectivity index is 2.53. The lowest BCUT2D eigenvalue weighted by Gasteiger charge is -1.99. The van der Waals surface area contributed by atoms with Gasteiger partial charge in [-0.05, 0) is 6.42 Å². The first-order chi connectivity index (χ1) is 7.74. The summed E-state index contributed by atoms with van der Waals surface area (Å²) in [5, 5.41) is 0. The van der Waals surface area contributed by atoms with Crippen LogP contribution in [0.2, 0.25) is 0 Å². The van der Waals surface area contributed by atoms with Crippen molar-refractivity contribution in [3.8, 4) is 0 Å². The number of hydrogen-bond acceptors (Lipinski definition) is 1. The molecule has 1 amide bonds. The summed E-state index contributed by atoms with van der Waals surface area (Å²) >= 11 is 0. The molecule has 0 aromatic heterocycles. The zero-order valence-corrected chi connectivity index (χ0v) is 9.65. The minimum absolute atomic E-state index is 0.130. The van der Waals surface area contributed by atoms with Gasteiger partial charge in [0.1, 0.15) is 5.84 Å². The highest BCUT2D eigenvalue weighted by Crippen LogP contribution is 2.02. The lowest BCUT2D eigenvalue weighted by molar-refractivity contribution is -0.117. The van der Waals surface area contributed by atoms with Gasteiger partial charge in [-0.3, -0.25) is 4.79 Å². The van der Waals surface area contributed by atoms with Gasteiger partial charge in [-0.1, -0.05) is 50.1 Å². The van der Waals surface area contributed by atoms with Crippen LogP contribution in [0.5, 0.6) is 0 Å². The van der Waals surface area contributed by atoms with Crippen molar-refractivity contribution in [2.24, 2.45) is 10.7 Å². The van der Waals surface area contributed by atoms with Crippen molar-refractivity contribution in [2.75, 3.05) is 0 Å². The van der Waals surface area contributed by atoms with Gasteiger partial charge in [0.2, 0.25) is 5.91 Å². The molecule has 0 radical (unpaired) electrons. The van der Waals surface area contributed by atoms with Crippen LogP contribution in [-0.4, -0.2) is 11.7 Å². The number of nitrogens with two attached hydrogens (primary N) is 1. The fraction of sp³-hybridized carbons (Fsp3) is 0.385. The summed E-state index contributed by atoms with van der Waals surface area (Å²) in [5.74, 6) is 0.178. The number of amides is 1. The van der Waals surface area contributed by atoms with Gasteiger partial charge in [0.15, 0.2) is 0 Å². The molecule has 1 aromatic carbocycles. The Hall–Kier alpha value is -1.64. The van der Waals surface area contributed by atoms with E-state index in [1.807, 2.05) is 30.3 Å². The second-order valence-electron chi connectivity index (χ2n) is 3.71. The quantitative estimate of drug-likeness (QED) is 0.469. The maximum Gasteiger partial charge on any atom is 0.247 e. The highest BCUT2D eigenvalue weighted by Gasteiger charge is 2.02. The minimum Gasteiger partial charge on any atom is -0.383 e. The summed E-state index contributed by atoms with van der Waals surface area (Å²) < 4.78 is 0. The van der Waals surface area contributed by atoms with Gasteiger partial charge in [0.25, 0.3) is 0 Å². The Morgan fingerprint density at radius 1 is 1.25 bits per heavy atom. The zero-order chi connectivity index (χ0) is 11.8. The molecule has 0 heterocycles. The molecular weight excluding hydrogens is 200 g/mol. The van der Waals surface area contributed by atoms with Gasteiger partial charge in [0, 0.05) is 12.0 Å². The second-order valence-corrected chi connectivity index (χ2v) is 3.71. The third-order valence-corrected chi connectivity index (χ3v) is 2.31. The van der Waals surface area contributed by atoms with Crippen LogP contribution in [0.4, 0.5) is 0 Å². The van der Waals surface area contributed by atoms with Crippen LogP contribution in [0.15, 0.2) is 35.3 Å². The molecule has 0 fully saturated rings. The summed E-state index contributed by atoms with van der Waals surface area (Å²) in [7, 11) is 0. The van der Waals surface area contributed by atoms with Crippen molar-refractivity contribution in [1.29, 1.82) is 0 Å². The predicted octanol–water partition coefficient (Wildman–Crippen LogP) is 2.50. The van der Waals surface area contributed by atoms with Crippen molar-refractivity contribution in [1.82, 2.24) is 0 Å². The van der Waals surface area contributed by atoms with E-state index in [0.29, 0.717) is 12.3 Å². The third-order valence-electron chi connectivity index (χ3n) is 2.31. The summed E-state index contributed by atoms with van der Waals surface area (Å²) in [6, 6.07) is 9.34. The van der Waals surface area contributed by atoms with Crippen LogP contribution < -0.4 is 5.73 Å². The lowest BCUT2D eigenvalue weighted by atomic mass is 10.2. The Morgan fingerprint density at radius 3 is 2.56 bits per heavy atom. The van der Waals surface area contributed by atoms with Crippen molar-refractivity contribution in [3.63, 3.8) is 0 Å². The number of hydrogen-bond donors (Lipinski definition) is 1. The first kappa shape index (κ1) is 12.4. The Bertz CT molecular complexity index is 357. The fourth-order valence-corrected chi connectivity index (χ4v) is 1.39. The molecule has 0 aliphatic heterocycles. The number of unbranched alkanes of at least 4 members (excludes halogenated alkanes) is 2. The highest BCUT2D eigenvalue weighted by atomic mass is 16.1. The molecule has 0 aliphatic rings. The Morgan fingerprint density at radius 2 is 1.94 bits per heavy atom. The number of carbonyl (C=O) groups is 1. The molecule has 1 rings (SSSR count). The Kier molecular flexibility index (Phi) is 5.26. The molecule has 2 N–H and O–H groups in total.